The van der Waals surface area contributed by atoms with Gasteiger partial charge >= 0.3 is 10.1 Å². The molecule has 10 heteroatoms. The lowest BCUT2D eigenvalue weighted by atomic mass is 10.2. The molecule has 0 radical (unpaired) electrons. The number of benzene rings is 4. The molecule has 51 heavy (non-hydrogen) atoms. The first-order valence-electron chi connectivity index (χ1n) is 16.4. The first kappa shape index (κ1) is 35.7. The van der Waals surface area contributed by atoms with Gasteiger partial charge in [-0.3, -0.25) is 9.97 Å². The molecule has 2 heterocycles. The Morgan fingerprint density at radius 3 is 1.49 bits per heavy atom. The van der Waals surface area contributed by atoms with Crippen LogP contribution >= 0.6 is 10.3 Å². The Kier molecular flexibility index (Phi) is 10.8. The van der Waals surface area contributed by atoms with Crippen molar-refractivity contribution in [1.82, 2.24) is 9.97 Å². The van der Waals surface area contributed by atoms with Crippen molar-refractivity contribution in [1.29, 1.82) is 0 Å². The summed E-state index contributed by atoms with van der Waals surface area (Å²) in [6, 6.07) is 36.5. The molecule has 6 aromatic rings. The van der Waals surface area contributed by atoms with Crippen LogP contribution in [0.3, 0.4) is 0 Å². The molecule has 0 saturated heterocycles. The average Bonchev–Trinajstić information content (AvgIpc) is 3.13. The highest BCUT2D eigenvalue weighted by Crippen LogP contribution is 2.71. The molecule has 8 nitrogen and oxygen atoms in total. The van der Waals surface area contributed by atoms with E-state index < -0.39 is 26.0 Å². The van der Waals surface area contributed by atoms with Gasteiger partial charge in [-0.05, 0) is 146 Å². The minimum absolute atomic E-state index is 0.0489. The molecular formula is C41H40N2O6S2. The molecule has 0 unspecified atom stereocenters. The van der Waals surface area contributed by atoms with E-state index >= 15 is 0 Å². The Morgan fingerprint density at radius 2 is 1.02 bits per heavy atom. The highest BCUT2D eigenvalue weighted by molar-refractivity contribution is 8.33. The number of aromatic nitrogens is 2. The number of ether oxygens (including phenoxy) is 3. The van der Waals surface area contributed by atoms with Crippen LogP contribution in [0.4, 0.5) is 0 Å². The number of pyridine rings is 2. The minimum Gasteiger partial charge on any atom is -0.489 e. The molecule has 0 fully saturated rings. The van der Waals surface area contributed by atoms with Crippen molar-refractivity contribution < 1.29 is 26.3 Å². The molecule has 262 valence electrons. The molecule has 0 bridgehead atoms. The summed E-state index contributed by atoms with van der Waals surface area (Å²) in [7, 11) is -7.39. The van der Waals surface area contributed by atoms with Crippen LogP contribution in [0.15, 0.2) is 166 Å². The summed E-state index contributed by atoms with van der Waals surface area (Å²) in [6.45, 7) is 8.43. The highest BCUT2D eigenvalue weighted by Gasteiger charge is 2.39. The van der Waals surface area contributed by atoms with E-state index in [4.69, 9.17) is 17.8 Å². The predicted octanol–water partition coefficient (Wildman–Crippen LogP) is 9.72. The van der Waals surface area contributed by atoms with E-state index in [9.17, 15) is 8.42 Å². The Bertz CT molecular complexity index is 2070. The van der Waals surface area contributed by atoms with Crippen LogP contribution in [0.25, 0.3) is 0 Å². The molecular weight excluding hydrogens is 681 g/mol. The van der Waals surface area contributed by atoms with Crippen molar-refractivity contribution in [3.63, 3.8) is 0 Å². The van der Waals surface area contributed by atoms with E-state index in [1.54, 1.807) is 49.1 Å². The lowest BCUT2D eigenvalue weighted by molar-refractivity contribution is 0.131. The Balaban J connectivity index is 1.52. The molecule has 0 amide bonds. The summed E-state index contributed by atoms with van der Waals surface area (Å²) in [5.74, 6) is 1.75. The molecule has 2 aromatic heterocycles. The van der Waals surface area contributed by atoms with Crippen LogP contribution in [0.1, 0.15) is 37.5 Å². The molecule has 0 atom stereocenters. The monoisotopic (exact) mass is 720 g/mol. The van der Waals surface area contributed by atoms with Crippen LogP contribution in [-0.2, 0) is 27.0 Å². The fraction of sp³-hybridized carbons (Fsp3) is 0.171. The van der Waals surface area contributed by atoms with E-state index in [0.29, 0.717) is 45.1 Å². The third-order valence-electron chi connectivity index (χ3n) is 7.67. The molecule has 4 aromatic carbocycles. The zero-order valence-electron chi connectivity index (χ0n) is 28.9. The zero-order valence-corrected chi connectivity index (χ0v) is 30.6. The van der Waals surface area contributed by atoms with Gasteiger partial charge in [-0.2, -0.15) is 8.42 Å². The predicted molar refractivity (Wildman–Crippen MR) is 199 cm³/mol. The summed E-state index contributed by atoms with van der Waals surface area (Å²) in [6.07, 6.45) is 6.85. The maximum atomic E-state index is 14.4. The lowest BCUT2D eigenvalue weighted by Crippen LogP contribution is -2.22. The van der Waals surface area contributed by atoms with E-state index in [-0.39, 0.29) is 4.90 Å². The minimum atomic E-state index is -4.34. The van der Waals surface area contributed by atoms with Gasteiger partial charge in [0.2, 0.25) is 0 Å². The molecule has 0 aliphatic carbocycles. The smallest absolute Gasteiger partial charge is 0.307 e. The number of nitrogens with zero attached hydrogens (tertiary/aromatic N) is 2. The van der Waals surface area contributed by atoms with Crippen molar-refractivity contribution in [2.24, 2.45) is 0 Å². The van der Waals surface area contributed by atoms with Crippen molar-refractivity contribution in [3.05, 3.63) is 163 Å². The van der Waals surface area contributed by atoms with Crippen LogP contribution in [0.2, 0.25) is 0 Å². The fourth-order valence-electron chi connectivity index (χ4n) is 5.23. The SMILES string of the molecule is Cc1ccc(S(=O)(=O)OS(c2ccc(OC(C)(C)C)cc2)(c2cccc(OCc3ccncc3)c2)c2cccc(OCc3ccncc3)c2)cc1. The Morgan fingerprint density at radius 1 is 0.549 bits per heavy atom. The molecule has 0 aliphatic heterocycles. The van der Waals surface area contributed by atoms with E-state index in [2.05, 4.69) is 9.97 Å². The van der Waals surface area contributed by atoms with Gasteiger partial charge in [-0.15, -0.1) is 0 Å². The third kappa shape index (κ3) is 8.96. The number of rotatable bonds is 13. The van der Waals surface area contributed by atoms with Gasteiger partial charge < -0.3 is 14.2 Å². The van der Waals surface area contributed by atoms with Gasteiger partial charge in [0.05, 0.1) is 4.90 Å². The maximum Gasteiger partial charge on any atom is 0.307 e. The fourth-order valence-corrected chi connectivity index (χ4v) is 10.5. The quantitative estimate of drug-likeness (QED) is 0.116. The van der Waals surface area contributed by atoms with Crippen LogP contribution < -0.4 is 14.2 Å². The first-order valence-corrected chi connectivity index (χ1v) is 19.4. The van der Waals surface area contributed by atoms with Crippen LogP contribution in [0, 0.1) is 6.92 Å². The third-order valence-corrected chi connectivity index (χ3v) is 12.8. The largest absolute Gasteiger partial charge is 0.489 e. The standard InChI is InChI=1S/C41H40N2O6S2/c1-31-11-15-38(16-12-31)51(44,45)49-50(37-17-13-34(14-18-37)48-41(2,3)4,39-9-5-7-35(27-39)46-29-32-19-23-42-24-20-32)40-10-6-8-36(28-40)47-30-33-21-25-43-26-22-33/h5-28H,29-30H2,1-4H3. The topological polar surface area (TPSA) is 96.8 Å². The average molecular weight is 721 g/mol. The van der Waals surface area contributed by atoms with Gasteiger partial charge in [0.25, 0.3) is 0 Å². The maximum absolute atomic E-state index is 14.4. The molecule has 0 saturated carbocycles. The number of hydrogen-bond donors (Lipinski definition) is 0. The summed E-state index contributed by atoms with van der Waals surface area (Å²) in [5.41, 5.74) is 2.39. The first-order chi connectivity index (χ1) is 24.5. The van der Waals surface area contributed by atoms with Gasteiger partial charge in [0.15, 0.2) is 0 Å². The molecule has 0 N–H and O–H groups in total. The lowest BCUT2D eigenvalue weighted by Gasteiger charge is -2.39. The second kappa shape index (κ2) is 15.4. The molecule has 0 aliphatic rings. The van der Waals surface area contributed by atoms with Gasteiger partial charge in [-0.25, -0.2) is 3.63 Å². The second-order valence-electron chi connectivity index (χ2n) is 12.8. The summed E-state index contributed by atoms with van der Waals surface area (Å²) >= 11 is 0. The van der Waals surface area contributed by atoms with Crippen LogP contribution in [0.5, 0.6) is 17.2 Å². The van der Waals surface area contributed by atoms with Gasteiger partial charge in [-0.1, -0.05) is 29.8 Å². The van der Waals surface area contributed by atoms with Gasteiger partial charge in [0, 0.05) is 39.5 Å². The van der Waals surface area contributed by atoms with Crippen molar-refractivity contribution in [3.8, 4) is 17.2 Å². The highest BCUT2D eigenvalue weighted by atomic mass is 32.3. The Hall–Kier alpha value is -5.16. The van der Waals surface area contributed by atoms with Gasteiger partial charge in [0.1, 0.15) is 36.1 Å². The summed E-state index contributed by atoms with van der Waals surface area (Å²) in [5, 5.41) is 0. The number of aryl methyl sites for hydroxylation is 1. The van der Waals surface area contributed by atoms with Crippen molar-refractivity contribution in [2.75, 3.05) is 0 Å². The summed E-state index contributed by atoms with van der Waals surface area (Å²) in [4.78, 5) is 10.1. The van der Waals surface area contributed by atoms with Crippen molar-refractivity contribution >= 4 is 20.4 Å². The normalized spacial score (nSPS) is 12.2. The second-order valence-corrected chi connectivity index (χ2v) is 17.3. The van der Waals surface area contributed by atoms with Crippen molar-refractivity contribution in [2.45, 2.75) is 66.1 Å². The summed E-state index contributed by atoms with van der Waals surface area (Å²) < 4.78 is 54.2. The zero-order chi connectivity index (χ0) is 35.9. The number of hydrogen-bond acceptors (Lipinski definition) is 8. The van der Waals surface area contributed by atoms with E-state index in [1.165, 1.54) is 0 Å². The molecule has 0 spiro atoms. The Labute approximate surface area is 301 Å². The van der Waals surface area contributed by atoms with Crippen LogP contribution in [-0.4, -0.2) is 24.0 Å². The van der Waals surface area contributed by atoms with E-state index in [1.807, 2.05) is 125 Å². The van der Waals surface area contributed by atoms with E-state index in [0.717, 1.165) is 16.7 Å². The molecule has 6 rings (SSSR count).